The second-order valence-electron chi connectivity index (χ2n) is 15.3. The molecule has 0 fully saturated rings. The number of hydrogen-bond donors (Lipinski definition) is 12. The van der Waals surface area contributed by atoms with Crippen molar-refractivity contribution in [3.05, 3.63) is 71.9 Å². The van der Waals surface area contributed by atoms with Crippen LogP contribution in [0.4, 0.5) is 0 Å². The van der Waals surface area contributed by atoms with Gasteiger partial charge in [0.1, 0.15) is 30.2 Å². The largest absolute Gasteiger partial charge is 0.370 e. The number of carbonyl (C=O) groups is 8. The van der Waals surface area contributed by atoms with E-state index in [-0.39, 0.29) is 57.7 Å². The molecule has 5 atom stereocenters. The maximum absolute atomic E-state index is 14.1. The Kier molecular flexibility index (Phi) is 24.4. The van der Waals surface area contributed by atoms with Gasteiger partial charge in [-0.05, 0) is 56.3 Å². The number of unbranched alkanes of at least 4 members (excludes halogenated alkanes) is 1. The number of nitrogens with two attached hydrogens (primary N) is 4. The van der Waals surface area contributed by atoms with E-state index in [0.717, 1.165) is 16.5 Å². The van der Waals surface area contributed by atoms with Gasteiger partial charge in [-0.3, -0.25) is 43.3 Å². The topological polar surface area (TPSA) is 353 Å². The molecular formula is C44H67N13O8. The van der Waals surface area contributed by atoms with E-state index in [1.54, 1.807) is 36.5 Å². The van der Waals surface area contributed by atoms with E-state index in [9.17, 15) is 38.4 Å². The van der Waals surface area contributed by atoms with Gasteiger partial charge < -0.3 is 65.1 Å². The van der Waals surface area contributed by atoms with Gasteiger partial charge in [0.25, 0.3) is 0 Å². The average Bonchev–Trinajstić information content (AvgIpc) is 3.69. The maximum atomic E-state index is 14.1. The lowest BCUT2D eigenvalue weighted by Gasteiger charge is -2.26. The Morgan fingerprint density at radius 1 is 0.646 bits per heavy atom. The first kappa shape index (κ1) is 54.1. The molecule has 2 unspecified atom stereocenters. The number of aliphatic imine (C=N–C) groups is 1. The summed E-state index contributed by atoms with van der Waals surface area (Å²) in [5, 5.41) is 18.6. The third-order valence-corrected chi connectivity index (χ3v) is 9.80. The van der Waals surface area contributed by atoms with Gasteiger partial charge >= 0.3 is 0 Å². The van der Waals surface area contributed by atoms with Crippen LogP contribution in [0.25, 0.3) is 10.9 Å². The Bertz CT molecular complexity index is 2050. The number of para-hydroxylation sites is 1. The van der Waals surface area contributed by atoms with Crippen LogP contribution in [0.2, 0.25) is 0 Å². The minimum Gasteiger partial charge on any atom is -0.370 e. The molecule has 8 amide bonds. The van der Waals surface area contributed by atoms with Gasteiger partial charge in [0, 0.05) is 43.4 Å². The summed E-state index contributed by atoms with van der Waals surface area (Å²) < 4.78 is 0. The summed E-state index contributed by atoms with van der Waals surface area (Å²) in [6.45, 7) is 6.43. The summed E-state index contributed by atoms with van der Waals surface area (Å²) in [5.41, 5.74) is 24.5. The van der Waals surface area contributed by atoms with Crippen LogP contribution in [0.15, 0.2) is 65.8 Å². The molecule has 21 nitrogen and oxygen atoms in total. The highest BCUT2D eigenvalue weighted by molar-refractivity contribution is 5.97. The van der Waals surface area contributed by atoms with Crippen molar-refractivity contribution in [3.63, 3.8) is 0 Å². The number of aromatic nitrogens is 1. The molecule has 65 heavy (non-hydrogen) atoms. The standard InChI is InChI=1S/C40H57N13O8.C4H10/c1-23(36(58)52-31(35(42)57)19-26-20-47-28-13-7-6-12-27(26)28)49-37(59)30(15-9-17-45-40(43)44)51-39(61)32(18-25-10-4-3-5-11-25)53-38(60)29(14-8-16-41)50-34(56)22-48-33(55)21-46-24(2)54;1-3-4-2/h3-7,10-13,20,23,29-32,47H,8-9,14-19,21-22,41H2,1-2H3,(H2,42,57)(H,46,54)(H,48,55)(H,49,59)(H,50,56)(H,51,61)(H,52,58)(H,53,60)(H4,43,44,45);3-4H2,1-2H3/t23?,29-,30-,31-,32?;/m0./s1. The number of nitrogens with one attached hydrogen (secondary N) is 8. The van der Waals surface area contributed by atoms with Crippen LogP contribution >= 0.6 is 0 Å². The lowest BCUT2D eigenvalue weighted by atomic mass is 10.0. The Hall–Kier alpha value is -7.03. The molecule has 0 bridgehead atoms. The van der Waals surface area contributed by atoms with Crippen LogP contribution < -0.4 is 60.2 Å². The fourth-order valence-electron chi connectivity index (χ4n) is 6.08. The van der Waals surface area contributed by atoms with Gasteiger partial charge in [-0.15, -0.1) is 0 Å². The number of aromatic amines is 1. The van der Waals surface area contributed by atoms with Crippen molar-refractivity contribution in [1.29, 1.82) is 0 Å². The molecular weight excluding hydrogens is 839 g/mol. The number of primary amides is 1. The summed E-state index contributed by atoms with van der Waals surface area (Å²) in [6.07, 6.45) is 5.03. The van der Waals surface area contributed by atoms with Crippen molar-refractivity contribution in [2.24, 2.45) is 27.9 Å². The number of nitrogens with zero attached hydrogens (tertiary/aromatic N) is 1. The monoisotopic (exact) mass is 906 g/mol. The number of H-pyrrole nitrogens is 1. The zero-order valence-electron chi connectivity index (χ0n) is 37.7. The number of hydrogen-bond acceptors (Lipinski definition) is 10. The molecule has 0 saturated carbocycles. The zero-order valence-corrected chi connectivity index (χ0v) is 37.7. The second kappa shape index (κ2) is 29.4. The molecule has 0 aliphatic rings. The molecule has 2 aromatic carbocycles. The number of carbonyl (C=O) groups excluding carboxylic acids is 8. The SMILES string of the molecule is CC(=O)NCC(=O)NCC(=O)N[C@@H](CCCN)C(=O)NC(Cc1ccccc1)C(=O)N[C@@H](CCCN=C(N)N)C(=O)NC(C)C(=O)N[C@@H](Cc1c[nH]c2ccccc12)C(N)=O.CCCC. The molecule has 0 spiro atoms. The number of benzene rings is 2. The van der Waals surface area contributed by atoms with E-state index >= 15 is 0 Å². The van der Waals surface area contributed by atoms with Crippen molar-refractivity contribution in [1.82, 2.24) is 42.2 Å². The Morgan fingerprint density at radius 3 is 1.85 bits per heavy atom. The smallest absolute Gasteiger partial charge is 0.243 e. The first-order valence-electron chi connectivity index (χ1n) is 21.6. The molecule has 356 valence electrons. The van der Waals surface area contributed by atoms with Crippen LogP contribution in [0.1, 0.15) is 77.3 Å². The fourth-order valence-corrected chi connectivity index (χ4v) is 6.08. The molecule has 21 heteroatoms. The van der Waals surface area contributed by atoms with Gasteiger partial charge in [-0.1, -0.05) is 75.2 Å². The van der Waals surface area contributed by atoms with Crippen molar-refractivity contribution < 1.29 is 38.4 Å². The quantitative estimate of drug-likeness (QED) is 0.0256. The third kappa shape index (κ3) is 20.8. The average molecular weight is 906 g/mol. The highest BCUT2D eigenvalue weighted by Crippen LogP contribution is 2.19. The molecule has 0 aliphatic heterocycles. The Morgan fingerprint density at radius 2 is 1.22 bits per heavy atom. The van der Waals surface area contributed by atoms with Crippen molar-refractivity contribution >= 4 is 64.1 Å². The normalized spacial score (nSPS) is 12.9. The molecule has 0 radical (unpaired) electrons. The van der Waals surface area contributed by atoms with E-state index < -0.39 is 84.0 Å². The predicted molar refractivity (Wildman–Crippen MR) is 247 cm³/mol. The number of guanidine groups is 1. The Balaban J connectivity index is 0.00000348. The van der Waals surface area contributed by atoms with E-state index in [4.69, 9.17) is 22.9 Å². The zero-order chi connectivity index (χ0) is 48.3. The Labute approximate surface area is 379 Å². The maximum Gasteiger partial charge on any atom is 0.243 e. The van der Waals surface area contributed by atoms with Crippen LogP contribution in [-0.4, -0.2) is 115 Å². The van der Waals surface area contributed by atoms with Crippen molar-refractivity contribution in [2.45, 2.75) is 109 Å². The van der Waals surface area contributed by atoms with Gasteiger partial charge in [-0.2, -0.15) is 0 Å². The summed E-state index contributed by atoms with van der Waals surface area (Å²) >= 11 is 0. The minimum absolute atomic E-state index is 0.00199. The van der Waals surface area contributed by atoms with E-state index in [1.165, 1.54) is 26.7 Å². The second-order valence-corrected chi connectivity index (χ2v) is 15.3. The minimum atomic E-state index is -1.28. The highest BCUT2D eigenvalue weighted by Gasteiger charge is 2.31. The highest BCUT2D eigenvalue weighted by atomic mass is 16.2. The van der Waals surface area contributed by atoms with Crippen LogP contribution in [0, 0.1) is 0 Å². The number of rotatable bonds is 26. The van der Waals surface area contributed by atoms with Crippen LogP contribution in [0.3, 0.4) is 0 Å². The van der Waals surface area contributed by atoms with Gasteiger partial charge in [0.05, 0.1) is 13.1 Å². The van der Waals surface area contributed by atoms with E-state index in [1.807, 2.05) is 24.3 Å². The summed E-state index contributed by atoms with van der Waals surface area (Å²) in [7, 11) is 0. The summed E-state index contributed by atoms with van der Waals surface area (Å²) in [4.78, 5) is 110. The fraction of sp³-hybridized carbons (Fsp3) is 0.477. The lowest BCUT2D eigenvalue weighted by Crippen LogP contribution is -2.59. The first-order chi connectivity index (χ1) is 31.0. The third-order valence-electron chi connectivity index (χ3n) is 9.80. The predicted octanol–water partition coefficient (Wildman–Crippen LogP) is -1.27. The molecule has 1 aromatic heterocycles. The van der Waals surface area contributed by atoms with Gasteiger partial charge in [0.2, 0.25) is 47.3 Å². The van der Waals surface area contributed by atoms with E-state index in [0.29, 0.717) is 12.0 Å². The van der Waals surface area contributed by atoms with Crippen LogP contribution in [-0.2, 0) is 51.2 Å². The molecule has 0 aliphatic carbocycles. The molecule has 3 rings (SSSR count). The van der Waals surface area contributed by atoms with Gasteiger partial charge in [0.15, 0.2) is 5.96 Å². The molecule has 1 heterocycles. The van der Waals surface area contributed by atoms with Crippen LogP contribution in [0.5, 0.6) is 0 Å². The van der Waals surface area contributed by atoms with Gasteiger partial charge in [-0.25, -0.2) is 0 Å². The van der Waals surface area contributed by atoms with E-state index in [2.05, 4.69) is 61.0 Å². The first-order valence-corrected chi connectivity index (χ1v) is 21.6. The van der Waals surface area contributed by atoms with Crippen molar-refractivity contribution in [3.8, 4) is 0 Å². The summed E-state index contributed by atoms with van der Waals surface area (Å²) in [6, 6.07) is 10.1. The van der Waals surface area contributed by atoms with Crippen molar-refractivity contribution in [2.75, 3.05) is 26.2 Å². The molecule has 3 aromatic rings. The number of fused-ring (bicyclic) bond motifs is 1. The lowest BCUT2D eigenvalue weighted by molar-refractivity contribution is -0.135. The molecule has 0 saturated heterocycles. The summed E-state index contributed by atoms with van der Waals surface area (Å²) in [5.74, 6) is -5.72. The molecule has 16 N–H and O–H groups in total. The number of amides is 8.